The Morgan fingerprint density at radius 1 is 1.17 bits per heavy atom. The van der Waals surface area contributed by atoms with Gasteiger partial charge in [-0.15, -0.1) is 0 Å². The lowest BCUT2D eigenvalue weighted by Gasteiger charge is -2.07. The largest absolute Gasteiger partial charge is 0.381 e. The van der Waals surface area contributed by atoms with E-state index in [1.165, 1.54) is 38.8 Å². The summed E-state index contributed by atoms with van der Waals surface area (Å²) in [6.45, 7) is 4.45. The van der Waals surface area contributed by atoms with E-state index in [1.54, 1.807) is 0 Å². The predicted octanol–water partition coefficient (Wildman–Crippen LogP) is 1.41. The van der Waals surface area contributed by atoms with Crippen LogP contribution in [0.4, 0.5) is 0 Å². The van der Waals surface area contributed by atoms with Gasteiger partial charge in [0, 0.05) is 13.2 Å². The quantitative estimate of drug-likeness (QED) is 0.628. The van der Waals surface area contributed by atoms with Crippen LogP contribution in [0.25, 0.3) is 0 Å². The smallest absolute Gasteiger partial charge is 0.0494 e. The average molecular weight is 169 g/mol. The van der Waals surface area contributed by atoms with Crippen molar-refractivity contribution in [1.82, 2.24) is 5.32 Å². The molecule has 0 aromatic carbocycles. The zero-order chi connectivity index (χ0) is 8.23. The SMILES string of the molecule is C1CC(CCOCC2CC2)CN1. The number of nitrogens with one attached hydrogen (secondary N) is 1. The average Bonchev–Trinajstić information content (AvgIpc) is 2.76. The van der Waals surface area contributed by atoms with Gasteiger partial charge in [0.05, 0.1) is 0 Å². The summed E-state index contributed by atoms with van der Waals surface area (Å²) in [5.74, 6) is 1.82. The van der Waals surface area contributed by atoms with Crippen molar-refractivity contribution >= 4 is 0 Å². The van der Waals surface area contributed by atoms with Gasteiger partial charge < -0.3 is 10.1 Å². The van der Waals surface area contributed by atoms with E-state index < -0.39 is 0 Å². The summed E-state index contributed by atoms with van der Waals surface area (Å²) in [5, 5.41) is 3.38. The van der Waals surface area contributed by atoms with Crippen LogP contribution in [-0.2, 0) is 4.74 Å². The first kappa shape index (κ1) is 8.52. The highest BCUT2D eigenvalue weighted by molar-refractivity contribution is 4.73. The van der Waals surface area contributed by atoms with E-state index in [0.29, 0.717) is 0 Å². The van der Waals surface area contributed by atoms with Gasteiger partial charge >= 0.3 is 0 Å². The molecule has 1 heterocycles. The molecule has 0 aromatic rings. The van der Waals surface area contributed by atoms with Crippen molar-refractivity contribution in [2.24, 2.45) is 11.8 Å². The van der Waals surface area contributed by atoms with Crippen LogP contribution in [-0.4, -0.2) is 26.3 Å². The standard InChI is InChI=1S/C10H19NO/c1-2-10(1)8-12-6-4-9-3-5-11-7-9/h9-11H,1-8H2. The van der Waals surface area contributed by atoms with Crippen molar-refractivity contribution in [3.63, 3.8) is 0 Å². The summed E-state index contributed by atoms with van der Waals surface area (Å²) in [7, 11) is 0. The number of ether oxygens (including phenoxy) is 1. The van der Waals surface area contributed by atoms with Crippen LogP contribution < -0.4 is 5.32 Å². The minimum atomic E-state index is 0.893. The lowest BCUT2D eigenvalue weighted by atomic mass is 10.1. The first-order valence-corrected chi connectivity index (χ1v) is 5.23. The molecule has 0 spiro atoms. The molecule has 70 valence electrons. The van der Waals surface area contributed by atoms with Crippen molar-refractivity contribution in [2.75, 3.05) is 26.3 Å². The Balaban J connectivity index is 1.44. The third kappa shape index (κ3) is 2.76. The van der Waals surface area contributed by atoms with Crippen LogP contribution in [0.1, 0.15) is 25.7 Å². The molecule has 1 aliphatic heterocycles. The lowest BCUT2D eigenvalue weighted by molar-refractivity contribution is 0.113. The Bertz CT molecular complexity index is 128. The van der Waals surface area contributed by atoms with Gasteiger partial charge in [-0.2, -0.15) is 0 Å². The fourth-order valence-corrected chi connectivity index (χ4v) is 1.75. The van der Waals surface area contributed by atoms with Crippen molar-refractivity contribution in [1.29, 1.82) is 0 Å². The number of rotatable bonds is 5. The maximum absolute atomic E-state index is 5.59. The molecular formula is C10H19NO. The minimum Gasteiger partial charge on any atom is -0.381 e. The summed E-state index contributed by atoms with van der Waals surface area (Å²) in [4.78, 5) is 0. The molecule has 0 bridgehead atoms. The maximum Gasteiger partial charge on any atom is 0.0494 e. The van der Waals surface area contributed by atoms with Gasteiger partial charge in [0.1, 0.15) is 0 Å². The van der Waals surface area contributed by atoms with Crippen LogP contribution in [0.5, 0.6) is 0 Å². The minimum absolute atomic E-state index is 0.893. The van der Waals surface area contributed by atoms with E-state index >= 15 is 0 Å². The molecule has 1 aliphatic carbocycles. The summed E-state index contributed by atoms with van der Waals surface area (Å²) in [6, 6.07) is 0. The molecule has 1 saturated heterocycles. The van der Waals surface area contributed by atoms with Crippen LogP contribution in [0.15, 0.2) is 0 Å². The molecule has 12 heavy (non-hydrogen) atoms. The van der Waals surface area contributed by atoms with Crippen LogP contribution in [0.3, 0.4) is 0 Å². The molecule has 2 fully saturated rings. The fraction of sp³-hybridized carbons (Fsp3) is 1.00. The molecule has 0 amide bonds. The Hall–Kier alpha value is -0.0800. The van der Waals surface area contributed by atoms with E-state index in [9.17, 15) is 0 Å². The Kier molecular flexibility index (Phi) is 3.01. The maximum atomic E-state index is 5.59. The van der Waals surface area contributed by atoms with Gasteiger partial charge in [0.25, 0.3) is 0 Å². The highest BCUT2D eigenvalue weighted by Crippen LogP contribution is 2.28. The van der Waals surface area contributed by atoms with Gasteiger partial charge in [-0.05, 0) is 50.6 Å². The van der Waals surface area contributed by atoms with E-state index in [1.807, 2.05) is 0 Å². The lowest BCUT2D eigenvalue weighted by Crippen LogP contribution is -2.11. The third-order valence-corrected chi connectivity index (χ3v) is 2.88. The molecule has 1 unspecified atom stereocenters. The molecule has 1 atom stereocenters. The molecule has 2 aliphatic rings. The van der Waals surface area contributed by atoms with Gasteiger partial charge in [-0.3, -0.25) is 0 Å². The second kappa shape index (κ2) is 4.24. The molecule has 2 heteroatoms. The van der Waals surface area contributed by atoms with Gasteiger partial charge in [-0.1, -0.05) is 0 Å². The molecule has 0 radical (unpaired) electrons. The molecule has 2 rings (SSSR count). The van der Waals surface area contributed by atoms with Crippen molar-refractivity contribution in [3.05, 3.63) is 0 Å². The van der Waals surface area contributed by atoms with Crippen molar-refractivity contribution < 1.29 is 4.74 Å². The zero-order valence-electron chi connectivity index (χ0n) is 7.72. The first-order chi connectivity index (χ1) is 5.95. The van der Waals surface area contributed by atoms with Crippen molar-refractivity contribution in [3.8, 4) is 0 Å². The summed E-state index contributed by atoms with van der Waals surface area (Å²) in [5.41, 5.74) is 0. The van der Waals surface area contributed by atoms with Crippen LogP contribution >= 0.6 is 0 Å². The number of hydrogen-bond donors (Lipinski definition) is 1. The fourth-order valence-electron chi connectivity index (χ4n) is 1.75. The normalized spacial score (nSPS) is 29.5. The molecule has 1 saturated carbocycles. The third-order valence-electron chi connectivity index (χ3n) is 2.88. The van der Waals surface area contributed by atoms with Crippen molar-refractivity contribution in [2.45, 2.75) is 25.7 Å². The van der Waals surface area contributed by atoms with Gasteiger partial charge in [0.2, 0.25) is 0 Å². The van der Waals surface area contributed by atoms with Gasteiger partial charge in [0.15, 0.2) is 0 Å². The Morgan fingerprint density at radius 2 is 2.08 bits per heavy atom. The van der Waals surface area contributed by atoms with E-state index in [0.717, 1.165) is 25.0 Å². The topological polar surface area (TPSA) is 21.3 Å². The van der Waals surface area contributed by atoms with Crippen LogP contribution in [0.2, 0.25) is 0 Å². The Morgan fingerprint density at radius 3 is 2.75 bits per heavy atom. The molecule has 0 aromatic heterocycles. The number of hydrogen-bond acceptors (Lipinski definition) is 2. The van der Waals surface area contributed by atoms with E-state index in [-0.39, 0.29) is 0 Å². The van der Waals surface area contributed by atoms with Gasteiger partial charge in [-0.25, -0.2) is 0 Å². The molecule has 1 N–H and O–H groups in total. The highest BCUT2D eigenvalue weighted by atomic mass is 16.5. The Labute approximate surface area is 74.7 Å². The van der Waals surface area contributed by atoms with E-state index in [2.05, 4.69) is 5.32 Å². The second-order valence-corrected chi connectivity index (χ2v) is 4.17. The first-order valence-electron chi connectivity index (χ1n) is 5.23. The predicted molar refractivity (Wildman–Crippen MR) is 49.1 cm³/mol. The molecule has 2 nitrogen and oxygen atoms in total. The summed E-state index contributed by atoms with van der Waals surface area (Å²) < 4.78 is 5.59. The second-order valence-electron chi connectivity index (χ2n) is 4.17. The highest BCUT2D eigenvalue weighted by Gasteiger charge is 2.21. The molecular weight excluding hydrogens is 150 g/mol. The summed E-state index contributed by atoms with van der Waals surface area (Å²) >= 11 is 0. The monoisotopic (exact) mass is 169 g/mol. The zero-order valence-corrected chi connectivity index (χ0v) is 7.72. The van der Waals surface area contributed by atoms with Crippen LogP contribution in [0, 0.1) is 11.8 Å². The van der Waals surface area contributed by atoms with E-state index in [4.69, 9.17) is 4.74 Å². The summed E-state index contributed by atoms with van der Waals surface area (Å²) in [6.07, 6.45) is 5.43.